The number of hydrogen-bond donors (Lipinski definition) is 2. The van der Waals surface area contributed by atoms with Crippen LogP contribution in [0.2, 0.25) is 0 Å². The van der Waals surface area contributed by atoms with Crippen LogP contribution in [-0.2, 0) is 17.9 Å². The van der Waals surface area contributed by atoms with Gasteiger partial charge in [-0.25, -0.2) is 19.6 Å². The summed E-state index contributed by atoms with van der Waals surface area (Å²) in [5.74, 6) is -1.43. The molecule has 0 radical (unpaired) electrons. The lowest BCUT2D eigenvalue weighted by Gasteiger charge is -2.06. The van der Waals surface area contributed by atoms with E-state index in [1.165, 1.54) is 29.5 Å². The second-order valence-electron chi connectivity index (χ2n) is 4.18. The van der Waals surface area contributed by atoms with Gasteiger partial charge in [0.15, 0.2) is 5.69 Å². The molecule has 21 heavy (non-hydrogen) atoms. The van der Waals surface area contributed by atoms with Crippen LogP contribution < -0.4 is 11.0 Å². The smallest absolute Gasteiger partial charge is 0.356 e. The SMILES string of the molecule is O=C(Cn1cccnc1=O)NCCn1cnc(C(=O)O)c1. The Hall–Kier alpha value is -2.97. The zero-order valence-corrected chi connectivity index (χ0v) is 11.0. The lowest BCUT2D eigenvalue weighted by Crippen LogP contribution is -2.34. The Morgan fingerprint density at radius 1 is 1.33 bits per heavy atom. The van der Waals surface area contributed by atoms with E-state index in [4.69, 9.17) is 5.11 Å². The molecule has 0 aliphatic rings. The van der Waals surface area contributed by atoms with Gasteiger partial charge in [-0.05, 0) is 6.07 Å². The van der Waals surface area contributed by atoms with Gasteiger partial charge in [0.2, 0.25) is 5.91 Å². The standard InChI is InChI=1S/C12H13N5O4/c18-10(7-17-4-1-2-14-12(17)21)13-3-5-16-6-9(11(19)20)15-8-16/h1-2,4,6,8H,3,5,7H2,(H,13,18)(H,19,20). The normalized spacial score (nSPS) is 10.3. The number of carbonyl (C=O) groups excluding carboxylic acids is 1. The molecule has 2 heterocycles. The molecule has 0 aromatic carbocycles. The van der Waals surface area contributed by atoms with Crippen molar-refractivity contribution in [2.24, 2.45) is 0 Å². The lowest BCUT2D eigenvalue weighted by molar-refractivity contribution is -0.121. The van der Waals surface area contributed by atoms with E-state index >= 15 is 0 Å². The minimum Gasteiger partial charge on any atom is -0.476 e. The first-order chi connectivity index (χ1) is 10.1. The summed E-state index contributed by atoms with van der Waals surface area (Å²) < 4.78 is 2.75. The summed E-state index contributed by atoms with van der Waals surface area (Å²) >= 11 is 0. The van der Waals surface area contributed by atoms with Crippen LogP contribution in [0.1, 0.15) is 10.5 Å². The minimum absolute atomic E-state index is 0.0526. The maximum atomic E-state index is 11.7. The Labute approximate surface area is 118 Å². The number of carboxylic acid groups (broad SMARTS) is 1. The average molecular weight is 291 g/mol. The van der Waals surface area contributed by atoms with Crippen LogP contribution in [0.5, 0.6) is 0 Å². The molecule has 0 unspecified atom stereocenters. The molecule has 0 spiro atoms. The van der Waals surface area contributed by atoms with Gasteiger partial charge in [0.25, 0.3) is 0 Å². The van der Waals surface area contributed by atoms with E-state index in [0.29, 0.717) is 13.1 Å². The summed E-state index contributed by atoms with van der Waals surface area (Å²) in [7, 11) is 0. The molecule has 0 fully saturated rings. The van der Waals surface area contributed by atoms with Crippen LogP contribution >= 0.6 is 0 Å². The Morgan fingerprint density at radius 3 is 2.81 bits per heavy atom. The van der Waals surface area contributed by atoms with E-state index in [-0.39, 0.29) is 18.1 Å². The number of nitrogens with zero attached hydrogens (tertiary/aromatic N) is 4. The van der Waals surface area contributed by atoms with Crippen molar-refractivity contribution in [1.29, 1.82) is 0 Å². The third-order valence-corrected chi connectivity index (χ3v) is 2.64. The first-order valence-electron chi connectivity index (χ1n) is 6.09. The summed E-state index contributed by atoms with van der Waals surface area (Å²) in [6, 6.07) is 1.56. The predicted octanol–water partition coefficient (Wildman–Crippen LogP) is -1.05. The van der Waals surface area contributed by atoms with Crippen molar-refractivity contribution in [2.75, 3.05) is 6.54 Å². The number of imidazole rings is 1. The fraction of sp³-hybridized carbons (Fsp3) is 0.250. The highest BCUT2D eigenvalue weighted by atomic mass is 16.4. The van der Waals surface area contributed by atoms with Crippen molar-refractivity contribution in [3.63, 3.8) is 0 Å². The monoisotopic (exact) mass is 291 g/mol. The van der Waals surface area contributed by atoms with E-state index in [1.807, 2.05) is 0 Å². The summed E-state index contributed by atoms with van der Waals surface area (Å²) in [6.45, 7) is 0.564. The fourth-order valence-corrected chi connectivity index (χ4v) is 1.64. The molecule has 2 aromatic heterocycles. The van der Waals surface area contributed by atoms with Gasteiger partial charge >= 0.3 is 11.7 Å². The van der Waals surface area contributed by atoms with Crippen molar-refractivity contribution in [3.8, 4) is 0 Å². The van der Waals surface area contributed by atoms with Crippen molar-refractivity contribution in [1.82, 2.24) is 24.4 Å². The zero-order chi connectivity index (χ0) is 15.2. The molecule has 0 saturated carbocycles. The molecule has 0 aliphatic heterocycles. The van der Waals surface area contributed by atoms with Crippen molar-refractivity contribution >= 4 is 11.9 Å². The third kappa shape index (κ3) is 4.00. The summed E-state index contributed by atoms with van der Waals surface area (Å²) in [5.41, 5.74) is -0.545. The highest BCUT2D eigenvalue weighted by Gasteiger charge is 2.07. The molecular weight excluding hydrogens is 278 g/mol. The van der Waals surface area contributed by atoms with E-state index in [9.17, 15) is 14.4 Å². The second kappa shape index (κ2) is 6.46. The Balaban J connectivity index is 1.80. The molecule has 2 aromatic rings. The summed E-state index contributed by atoms with van der Waals surface area (Å²) in [4.78, 5) is 40.8. The van der Waals surface area contributed by atoms with Gasteiger partial charge in [0, 0.05) is 31.7 Å². The highest BCUT2D eigenvalue weighted by Crippen LogP contribution is 1.95. The van der Waals surface area contributed by atoms with Gasteiger partial charge in [-0.2, -0.15) is 0 Å². The maximum Gasteiger partial charge on any atom is 0.356 e. The number of nitrogens with one attached hydrogen (secondary N) is 1. The number of carbonyl (C=O) groups is 2. The van der Waals surface area contributed by atoms with E-state index in [2.05, 4.69) is 15.3 Å². The molecule has 110 valence electrons. The minimum atomic E-state index is -1.10. The van der Waals surface area contributed by atoms with Gasteiger partial charge in [0.05, 0.1) is 6.33 Å². The van der Waals surface area contributed by atoms with Crippen molar-refractivity contribution < 1.29 is 14.7 Å². The van der Waals surface area contributed by atoms with Crippen LogP contribution in [0.15, 0.2) is 35.8 Å². The van der Waals surface area contributed by atoms with Crippen LogP contribution in [0.25, 0.3) is 0 Å². The number of rotatable bonds is 6. The van der Waals surface area contributed by atoms with Crippen LogP contribution in [0.4, 0.5) is 0 Å². The molecule has 1 amide bonds. The van der Waals surface area contributed by atoms with Gasteiger partial charge < -0.3 is 15.0 Å². The number of hydrogen-bond acceptors (Lipinski definition) is 5. The lowest BCUT2D eigenvalue weighted by atomic mass is 10.5. The first-order valence-corrected chi connectivity index (χ1v) is 6.09. The largest absolute Gasteiger partial charge is 0.476 e. The number of amides is 1. The third-order valence-electron chi connectivity index (χ3n) is 2.64. The van der Waals surface area contributed by atoms with Gasteiger partial charge in [-0.1, -0.05) is 0 Å². The molecule has 2 rings (SSSR count). The summed E-state index contributed by atoms with van der Waals surface area (Å²) in [6.07, 6.45) is 5.58. The predicted molar refractivity (Wildman–Crippen MR) is 70.7 cm³/mol. The number of aromatic nitrogens is 4. The van der Waals surface area contributed by atoms with Crippen LogP contribution in [0.3, 0.4) is 0 Å². The number of carboxylic acids is 1. The quantitative estimate of drug-likeness (QED) is 0.701. The molecule has 0 saturated heterocycles. The van der Waals surface area contributed by atoms with Crippen molar-refractivity contribution in [2.45, 2.75) is 13.1 Å². The van der Waals surface area contributed by atoms with Crippen LogP contribution in [-0.4, -0.2) is 42.6 Å². The first kappa shape index (κ1) is 14.4. The second-order valence-corrected chi connectivity index (χ2v) is 4.18. The van der Waals surface area contributed by atoms with E-state index < -0.39 is 11.7 Å². The Kier molecular flexibility index (Phi) is 4.44. The molecule has 0 atom stereocenters. The number of aromatic carboxylic acids is 1. The molecule has 9 heteroatoms. The highest BCUT2D eigenvalue weighted by molar-refractivity contribution is 5.84. The van der Waals surface area contributed by atoms with Gasteiger partial charge in [-0.15, -0.1) is 0 Å². The zero-order valence-electron chi connectivity index (χ0n) is 11.0. The van der Waals surface area contributed by atoms with Gasteiger partial charge in [0.1, 0.15) is 6.54 Å². The maximum absolute atomic E-state index is 11.7. The summed E-state index contributed by atoms with van der Waals surface area (Å²) in [5, 5.41) is 11.3. The van der Waals surface area contributed by atoms with Crippen LogP contribution in [0, 0.1) is 0 Å². The molecular formula is C12H13N5O4. The average Bonchev–Trinajstić information content (AvgIpc) is 2.90. The van der Waals surface area contributed by atoms with E-state index in [1.54, 1.807) is 10.6 Å². The molecule has 0 bridgehead atoms. The van der Waals surface area contributed by atoms with Crippen molar-refractivity contribution in [3.05, 3.63) is 47.2 Å². The Morgan fingerprint density at radius 2 is 2.14 bits per heavy atom. The molecule has 9 nitrogen and oxygen atoms in total. The topological polar surface area (TPSA) is 119 Å². The van der Waals surface area contributed by atoms with Gasteiger partial charge in [-0.3, -0.25) is 9.36 Å². The fourth-order valence-electron chi connectivity index (χ4n) is 1.64. The Bertz CT molecular complexity index is 705. The van der Waals surface area contributed by atoms with E-state index in [0.717, 1.165) is 0 Å². The molecule has 0 aliphatic carbocycles. The molecule has 2 N–H and O–H groups in total.